The van der Waals surface area contributed by atoms with E-state index in [1.807, 2.05) is 4.90 Å². The number of likely N-dealkylation sites (tertiary alicyclic amines) is 1. The minimum absolute atomic E-state index is 0.103. The number of piperidine rings is 1. The fraction of sp³-hybridized carbons (Fsp3) is 0.688. The molecular weight excluding hydrogens is 250 g/mol. The average Bonchev–Trinajstić information content (AvgIpc) is 2.56. The molecule has 2 heterocycles. The lowest BCUT2D eigenvalue weighted by molar-refractivity contribution is 0.0599. The monoisotopic (exact) mass is 273 g/mol. The van der Waals surface area contributed by atoms with Crippen LogP contribution in [0.1, 0.15) is 55.3 Å². The zero-order valence-electron chi connectivity index (χ0n) is 12.0. The number of carbonyl (C=O) groups is 1. The summed E-state index contributed by atoms with van der Waals surface area (Å²) in [6.45, 7) is 1.81. The second-order valence-corrected chi connectivity index (χ2v) is 6.18. The molecule has 1 aliphatic heterocycles. The minimum Gasteiger partial charge on any atom is -0.338 e. The molecule has 1 saturated heterocycles. The Morgan fingerprint density at radius 1 is 1.00 bits per heavy atom. The standard InChI is InChI=1S/C16H23N3O/c20-16(15-9-17-12-18-10-15)19-8-4-7-14(11-19)13-5-2-1-3-6-13/h9-10,12-14H,1-8,11H2/t14-/m1/s1. The molecular formula is C16H23N3O. The second kappa shape index (κ2) is 6.33. The third kappa shape index (κ3) is 3.00. The number of aromatic nitrogens is 2. The third-order valence-corrected chi connectivity index (χ3v) is 4.87. The highest BCUT2D eigenvalue weighted by Gasteiger charge is 2.30. The Morgan fingerprint density at radius 3 is 2.45 bits per heavy atom. The largest absolute Gasteiger partial charge is 0.338 e. The molecule has 0 bridgehead atoms. The molecule has 0 spiro atoms. The Balaban J connectivity index is 1.64. The molecule has 4 heteroatoms. The van der Waals surface area contributed by atoms with Crippen molar-refractivity contribution in [1.29, 1.82) is 0 Å². The Morgan fingerprint density at radius 2 is 1.70 bits per heavy atom. The number of nitrogens with zero attached hydrogens (tertiary/aromatic N) is 3. The van der Waals surface area contributed by atoms with Crippen LogP contribution in [0.25, 0.3) is 0 Å². The van der Waals surface area contributed by atoms with Crippen molar-refractivity contribution in [1.82, 2.24) is 14.9 Å². The summed E-state index contributed by atoms with van der Waals surface area (Å²) in [5, 5.41) is 0. The molecule has 108 valence electrons. The number of hydrogen-bond acceptors (Lipinski definition) is 3. The first-order valence-corrected chi connectivity index (χ1v) is 7.89. The van der Waals surface area contributed by atoms with Crippen LogP contribution in [0.15, 0.2) is 18.7 Å². The van der Waals surface area contributed by atoms with Crippen LogP contribution < -0.4 is 0 Å². The quantitative estimate of drug-likeness (QED) is 0.832. The number of rotatable bonds is 2. The predicted molar refractivity (Wildman–Crippen MR) is 77.2 cm³/mol. The van der Waals surface area contributed by atoms with Crippen LogP contribution in [0.3, 0.4) is 0 Å². The van der Waals surface area contributed by atoms with Crippen LogP contribution in [0, 0.1) is 11.8 Å². The SMILES string of the molecule is O=C(c1cncnc1)N1CCC[C@@H](C2CCCCC2)C1. The van der Waals surface area contributed by atoms with Gasteiger partial charge < -0.3 is 4.90 Å². The molecule has 2 aliphatic rings. The fourth-order valence-electron chi connectivity index (χ4n) is 3.78. The van der Waals surface area contributed by atoms with Crippen LogP contribution in [0.2, 0.25) is 0 Å². The van der Waals surface area contributed by atoms with Crippen LogP contribution in [-0.2, 0) is 0 Å². The van der Waals surface area contributed by atoms with E-state index < -0.39 is 0 Å². The first-order chi connectivity index (χ1) is 9.84. The molecule has 4 nitrogen and oxygen atoms in total. The molecule has 20 heavy (non-hydrogen) atoms. The average molecular weight is 273 g/mol. The van der Waals surface area contributed by atoms with Crippen LogP contribution in [0.5, 0.6) is 0 Å². The van der Waals surface area contributed by atoms with Gasteiger partial charge in [-0.15, -0.1) is 0 Å². The summed E-state index contributed by atoms with van der Waals surface area (Å²) in [5.41, 5.74) is 0.622. The smallest absolute Gasteiger partial charge is 0.256 e. The van der Waals surface area contributed by atoms with E-state index in [0.29, 0.717) is 11.5 Å². The van der Waals surface area contributed by atoms with Gasteiger partial charge in [-0.05, 0) is 24.7 Å². The first kappa shape index (κ1) is 13.5. The lowest BCUT2D eigenvalue weighted by Gasteiger charge is -2.38. The summed E-state index contributed by atoms with van der Waals surface area (Å²) < 4.78 is 0. The normalized spacial score (nSPS) is 24.6. The van der Waals surface area contributed by atoms with Gasteiger partial charge in [-0.1, -0.05) is 32.1 Å². The molecule has 0 N–H and O–H groups in total. The van der Waals surface area contributed by atoms with E-state index in [4.69, 9.17) is 0 Å². The van der Waals surface area contributed by atoms with Crippen LogP contribution >= 0.6 is 0 Å². The molecule has 0 radical (unpaired) electrons. The van der Waals surface area contributed by atoms with Gasteiger partial charge >= 0.3 is 0 Å². The topological polar surface area (TPSA) is 46.1 Å². The summed E-state index contributed by atoms with van der Waals surface area (Å²) in [4.78, 5) is 22.4. The molecule has 1 aromatic rings. The Kier molecular flexibility index (Phi) is 4.28. The van der Waals surface area contributed by atoms with Crippen molar-refractivity contribution in [3.05, 3.63) is 24.3 Å². The van der Waals surface area contributed by atoms with Crippen molar-refractivity contribution in [3.63, 3.8) is 0 Å². The van der Waals surface area contributed by atoms with E-state index >= 15 is 0 Å². The predicted octanol–water partition coefficient (Wildman–Crippen LogP) is 2.91. The van der Waals surface area contributed by atoms with Crippen molar-refractivity contribution in [2.75, 3.05) is 13.1 Å². The van der Waals surface area contributed by atoms with Crippen LogP contribution in [0.4, 0.5) is 0 Å². The zero-order valence-corrected chi connectivity index (χ0v) is 12.0. The first-order valence-electron chi connectivity index (χ1n) is 7.89. The number of carbonyl (C=O) groups excluding carboxylic acids is 1. The lowest BCUT2D eigenvalue weighted by atomic mass is 9.76. The van der Waals surface area contributed by atoms with E-state index in [0.717, 1.165) is 25.4 Å². The van der Waals surface area contributed by atoms with Gasteiger partial charge in [0.1, 0.15) is 6.33 Å². The number of hydrogen-bond donors (Lipinski definition) is 0. The molecule has 0 unspecified atom stereocenters. The van der Waals surface area contributed by atoms with Crippen molar-refractivity contribution in [2.24, 2.45) is 11.8 Å². The van der Waals surface area contributed by atoms with E-state index in [1.54, 1.807) is 12.4 Å². The van der Waals surface area contributed by atoms with Gasteiger partial charge in [0.15, 0.2) is 0 Å². The van der Waals surface area contributed by atoms with Gasteiger partial charge in [0.2, 0.25) is 0 Å². The summed E-state index contributed by atoms with van der Waals surface area (Å²) in [5.74, 6) is 1.65. The number of amides is 1. The molecule has 1 saturated carbocycles. The van der Waals surface area contributed by atoms with E-state index in [2.05, 4.69) is 9.97 Å². The Bertz CT molecular complexity index is 442. The lowest BCUT2D eigenvalue weighted by Crippen LogP contribution is -2.42. The maximum Gasteiger partial charge on any atom is 0.256 e. The van der Waals surface area contributed by atoms with E-state index in [1.165, 1.54) is 44.9 Å². The highest BCUT2D eigenvalue weighted by atomic mass is 16.2. The zero-order chi connectivity index (χ0) is 13.8. The van der Waals surface area contributed by atoms with Gasteiger partial charge in [0.25, 0.3) is 5.91 Å². The fourth-order valence-corrected chi connectivity index (χ4v) is 3.78. The minimum atomic E-state index is 0.103. The molecule has 1 atom stereocenters. The summed E-state index contributed by atoms with van der Waals surface area (Å²) in [6, 6.07) is 0. The summed E-state index contributed by atoms with van der Waals surface area (Å²) >= 11 is 0. The molecule has 2 fully saturated rings. The van der Waals surface area contributed by atoms with Crippen LogP contribution in [-0.4, -0.2) is 33.9 Å². The third-order valence-electron chi connectivity index (χ3n) is 4.87. The molecule has 1 aliphatic carbocycles. The van der Waals surface area contributed by atoms with Crippen molar-refractivity contribution < 1.29 is 4.79 Å². The summed E-state index contributed by atoms with van der Waals surface area (Å²) in [6.07, 6.45) is 14.0. The van der Waals surface area contributed by atoms with E-state index in [-0.39, 0.29) is 5.91 Å². The molecule has 0 aromatic carbocycles. The van der Waals surface area contributed by atoms with Crippen molar-refractivity contribution in [2.45, 2.75) is 44.9 Å². The Hall–Kier alpha value is -1.45. The van der Waals surface area contributed by atoms with Gasteiger partial charge in [-0.25, -0.2) is 9.97 Å². The van der Waals surface area contributed by atoms with Crippen molar-refractivity contribution >= 4 is 5.91 Å². The van der Waals surface area contributed by atoms with Gasteiger partial charge in [0.05, 0.1) is 5.56 Å². The van der Waals surface area contributed by atoms with E-state index in [9.17, 15) is 4.79 Å². The van der Waals surface area contributed by atoms with Gasteiger partial charge in [0, 0.05) is 25.5 Å². The second-order valence-electron chi connectivity index (χ2n) is 6.18. The molecule has 1 amide bonds. The maximum atomic E-state index is 12.5. The van der Waals surface area contributed by atoms with Gasteiger partial charge in [-0.3, -0.25) is 4.79 Å². The molecule has 1 aromatic heterocycles. The molecule has 3 rings (SSSR count). The Labute approximate surface area is 120 Å². The summed E-state index contributed by atoms with van der Waals surface area (Å²) in [7, 11) is 0. The highest BCUT2D eigenvalue weighted by Crippen LogP contribution is 2.35. The van der Waals surface area contributed by atoms with Crippen molar-refractivity contribution in [3.8, 4) is 0 Å². The maximum absolute atomic E-state index is 12.5. The van der Waals surface area contributed by atoms with Gasteiger partial charge in [-0.2, -0.15) is 0 Å². The highest BCUT2D eigenvalue weighted by molar-refractivity contribution is 5.93.